The molecular formula is C20H23NO4S. The summed E-state index contributed by atoms with van der Waals surface area (Å²) in [7, 11) is 1.58. The summed E-state index contributed by atoms with van der Waals surface area (Å²) < 4.78 is 5.41. The maximum absolute atomic E-state index is 13.0. The molecule has 0 saturated carbocycles. The number of ether oxygens (including phenoxy) is 1. The normalized spacial score (nSPS) is 19.6. The molecule has 2 atom stereocenters. The monoisotopic (exact) mass is 373 g/mol. The van der Waals surface area contributed by atoms with E-state index in [1.807, 2.05) is 43.5 Å². The molecule has 138 valence electrons. The maximum atomic E-state index is 13.0. The Morgan fingerprint density at radius 1 is 1.31 bits per heavy atom. The van der Waals surface area contributed by atoms with Crippen molar-refractivity contribution in [1.82, 2.24) is 4.90 Å². The minimum atomic E-state index is -0.881. The standard InChI is InChI=1S/C20H23NO4S/c1-4-13-12(2)26-11-17(13)19(22)21-9-15(16(10-21)20(23)24)14-7-5-6-8-18(14)25-3/h5-8,11,15-16H,4,9-10H2,1-3H3,(H,23,24)/t15-,16+/m1/s1. The van der Waals surface area contributed by atoms with E-state index >= 15 is 0 Å². The number of aryl methyl sites for hydroxylation is 1. The first-order chi connectivity index (χ1) is 12.5. The predicted octanol–water partition coefficient (Wildman–Crippen LogP) is 3.57. The fourth-order valence-corrected chi connectivity index (χ4v) is 4.71. The van der Waals surface area contributed by atoms with E-state index in [1.54, 1.807) is 23.3 Å². The number of methoxy groups -OCH3 is 1. The number of carbonyl (C=O) groups excluding carboxylic acids is 1. The lowest BCUT2D eigenvalue weighted by Crippen LogP contribution is -2.30. The summed E-state index contributed by atoms with van der Waals surface area (Å²) in [5.41, 5.74) is 2.61. The Balaban J connectivity index is 1.92. The number of nitrogens with zero attached hydrogens (tertiary/aromatic N) is 1. The fraction of sp³-hybridized carbons (Fsp3) is 0.400. The van der Waals surface area contributed by atoms with Crippen LogP contribution in [0.15, 0.2) is 29.6 Å². The number of likely N-dealkylation sites (tertiary alicyclic amines) is 1. The van der Waals surface area contributed by atoms with E-state index in [2.05, 4.69) is 0 Å². The highest BCUT2D eigenvalue weighted by Gasteiger charge is 2.42. The molecule has 1 saturated heterocycles. The van der Waals surface area contributed by atoms with Crippen molar-refractivity contribution in [2.24, 2.45) is 5.92 Å². The number of para-hydroxylation sites is 1. The molecule has 0 spiro atoms. The molecule has 1 aliphatic heterocycles. The maximum Gasteiger partial charge on any atom is 0.308 e. The van der Waals surface area contributed by atoms with Crippen LogP contribution in [0.25, 0.3) is 0 Å². The summed E-state index contributed by atoms with van der Waals surface area (Å²) >= 11 is 1.57. The molecule has 26 heavy (non-hydrogen) atoms. The molecule has 1 amide bonds. The van der Waals surface area contributed by atoms with Crippen LogP contribution in [0, 0.1) is 12.8 Å². The Morgan fingerprint density at radius 3 is 2.69 bits per heavy atom. The lowest BCUT2D eigenvalue weighted by Gasteiger charge is -2.18. The molecule has 1 fully saturated rings. The highest BCUT2D eigenvalue weighted by Crippen LogP contribution is 2.38. The molecule has 1 aliphatic rings. The van der Waals surface area contributed by atoms with Crippen LogP contribution < -0.4 is 4.74 Å². The lowest BCUT2D eigenvalue weighted by atomic mass is 9.88. The summed E-state index contributed by atoms with van der Waals surface area (Å²) in [6.07, 6.45) is 0.794. The molecule has 2 aromatic rings. The average Bonchev–Trinajstić information content (AvgIpc) is 3.24. The Hall–Kier alpha value is -2.34. The quantitative estimate of drug-likeness (QED) is 0.870. The van der Waals surface area contributed by atoms with Crippen LogP contribution in [-0.4, -0.2) is 42.1 Å². The van der Waals surface area contributed by atoms with Gasteiger partial charge in [-0.1, -0.05) is 25.1 Å². The highest BCUT2D eigenvalue weighted by atomic mass is 32.1. The molecule has 1 N–H and O–H groups in total. The van der Waals surface area contributed by atoms with Crippen LogP contribution >= 0.6 is 11.3 Å². The van der Waals surface area contributed by atoms with Gasteiger partial charge >= 0.3 is 5.97 Å². The molecule has 1 aromatic carbocycles. The molecule has 6 heteroatoms. The molecule has 2 heterocycles. The van der Waals surface area contributed by atoms with E-state index in [1.165, 1.54) is 0 Å². The first kappa shape index (κ1) is 18.5. The Morgan fingerprint density at radius 2 is 2.04 bits per heavy atom. The molecule has 3 rings (SSSR count). The summed E-state index contributed by atoms with van der Waals surface area (Å²) in [5.74, 6) is -1.21. The Kier molecular flexibility index (Phi) is 5.32. The van der Waals surface area contributed by atoms with Crippen LogP contribution in [0.2, 0.25) is 0 Å². The minimum absolute atomic E-state index is 0.0742. The number of carbonyl (C=O) groups is 2. The summed E-state index contributed by atoms with van der Waals surface area (Å²) in [5, 5.41) is 11.6. The summed E-state index contributed by atoms with van der Waals surface area (Å²) in [4.78, 5) is 27.7. The van der Waals surface area contributed by atoms with Gasteiger partial charge in [-0.05, 0) is 30.5 Å². The van der Waals surface area contributed by atoms with Gasteiger partial charge in [0.15, 0.2) is 0 Å². The van der Waals surface area contributed by atoms with Gasteiger partial charge in [-0.2, -0.15) is 0 Å². The number of carboxylic acids is 1. The van der Waals surface area contributed by atoms with Crippen molar-refractivity contribution in [1.29, 1.82) is 0 Å². The molecular weight excluding hydrogens is 350 g/mol. The number of aliphatic carboxylic acids is 1. The van der Waals surface area contributed by atoms with Crippen LogP contribution in [0.1, 0.15) is 39.2 Å². The van der Waals surface area contributed by atoms with Gasteiger partial charge in [0, 0.05) is 29.3 Å². The average molecular weight is 373 g/mol. The van der Waals surface area contributed by atoms with Crippen LogP contribution in [-0.2, 0) is 11.2 Å². The second-order valence-corrected chi connectivity index (χ2v) is 7.62. The van der Waals surface area contributed by atoms with Crippen molar-refractivity contribution in [3.63, 3.8) is 0 Å². The molecule has 1 aromatic heterocycles. The third-order valence-corrected chi connectivity index (χ3v) is 6.10. The Bertz CT molecular complexity index is 829. The Labute approximate surface area is 157 Å². The van der Waals surface area contributed by atoms with Gasteiger partial charge in [-0.25, -0.2) is 0 Å². The number of benzene rings is 1. The molecule has 0 unspecified atom stereocenters. The van der Waals surface area contributed by atoms with Gasteiger partial charge in [0.25, 0.3) is 5.91 Å². The number of hydrogen-bond donors (Lipinski definition) is 1. The lowest BCUT2D eigenvalue weighted by molar-refractivity contribution is -0.141. The largest absolute Gasteiger partial charge is 0.496 e. The number of hydrogen-bond acceptors (Lipinski definition) is 4. The van der Waals surface area contributed by atoms with Crippen molar-refractivity contribution in [2.45, 2.75) is 26.2 Å². The van der Waals surface area contributed by atoms with E-state index in [0.29, 0.717) is 17.9 Å². The van der Waals surface area contributed by atoms with E-state index in [-0.39, 0.29) is 18.4 Å². The third kappa shape index (κ3) is 3.21. The zero-order valence-electron chi connectivity index (χ0n) is 15.2. The van der Waals surface area contributed by atoms with Gasteiger partial charge in [-0.3, -0.25) is 9.59 Å². The van der Waals surface area contributed by atoms with Crippen molar-refractivity contribution < 1.29 is 19.4 Å². The van der Waals surface area contributed by atoms with Gasteiger partial charge in [-0.15, -0.1) is 11.3 Å². The zero-order valence-corrected chi connectivity index (χ0v) is 16.0. The van der Waals surface area contributed by atoms with Gasteiger partial charge in [0.1, 0.15) is 5.75 Å². The predicted molar refractivity (Wildman–Crippen MR) is 101 cm³/mol. The first-order valence-corrected chi connectivity index (χ1v) is 9.57. The number of carboxylic acid groups (broad SMARTS) is 1. The highest BCUT2D eigenvalue weighted by molar-refractivity contribution is 7.10. The van der Waals surface area contributed by atoms with E-state index in [9.17, 15) is 14.7 Å². The van der Waals surface area contributed by atoms with Gasteiger partial charge in [0.2, 0.25) is 0 Å². The SMILES string of the molecule is CCc1c(C(=O)N2C[C@H](C(=O)O)[C@@H](c3ccccc3OC)C2)csc1C. The van der Waals surface area contributed by atoms with Crippen LogP contribution in [0.5, 0.6) is 5.75 Å². The fourth-order valence-electron chi connectivity index (χ4n) is 3.78. The number of amides is 1. The summed E-state index contributed by atoms with van der Waals surface area (Å²) in [6.45, 7) is 4.65. The number of rotatable bonds is 5. The zero-order chi connectivity index (χ0) is 18.8. The van der Waals surface area contributed by atoms with Gasteiger partial charge < -0.3 is 14.7 Å². The summed E-state index contributed by atoms with van der Waals surface area (Å²) in [6, 6.07) is 7.45. The topological polar surface area (TPSA) is 66.8 Å². The van der Waals surface area contributed by atoms with E-state index in [0.717, 1.165) is 22.4 Å². The molecule has 0 radical (unpaired) electrons. The molecule has 0 bridgehead atoms. The molecule has 0 aliphatic carbocycles. The van der Waals surface area contributed by atoms with Crippen LogP contribution in [0.3, 0.4) is 0 Å². The van der Waals surface area contributed by atoms with Crippen LogP contribution in [0.4, 0.5) is 0 Å². The third-order valence-electron chi connectivity index (χ3n) is 5.15. The van der Waals surface area contributed by atoms with Crippen molar-refractivity contribution in [3.05, 3.63) is 51.2 Å². The van der Waals surface area contributed by atoms with Crippen molar-refractivity contribution in [3.8, 4) is 5.75 Å². The van der Waals surface area contributed by atoms with Crippen molar-refractivity contribution in [2.75, 3.05) is 20.2 Å². The molecule has 5 nitrogen and oxygen atoms in total. The second-order valence-electron chi connectivity index (χ2n) is 6.54. The van der Waals surface area contributed by atoms with E-state index in [4.69, 9.17) is 4.74 Å². The van der Waals surface area contributed by atoms with Gasteiger partial charge in [0.05, 0.1) is 18.6 Å². The smallest absolute Gasteiger partial charge is 0.308 e. The minimum Gasteiger partial charge on any atom is -0.496 e. The second kappa shape index (κ2) is 7.50. The number of thiophene rings is 1. The first-order valence-electron chi connectivity index (χ1n) is 8.69. The van der Waals surface area contributed by atoms with E-state index < -0.39 is 11.9 Å². The van der Waals surface area contributed by atoms with Crippen molar-refractivity contribution >= 4 is 23.2 Å².